The van der Waals surface area contributed by atoms with Crippen LogP contribution in [0.4, 0.5) is 10.1 Å². The lowest BCUT2D eigenvalue weighted by atomic mass is 10.2. The summed E-state index contributed by atoms with van der Waals surface area (Å²) in [4.78, 5) is 0. The summed E-state index contributed by atoms with van der Waals surface area (Å²) in [5.41, 5.74) is 5.64. The van der Waals surface area contributed by atoms with E-state index in [1.165, 1.54) is 11.3 Å². The number of thiophene rings is 1. The molecule has 0 aliphatic heterocycles. The Bertz CT molecular complexity index is 438. The van der Waals surface area contributed by atoms with E-state index in [4.69, 9.17) is 5.73 Å². The van der Waals surface area contributed by atoms with E-state index in [1.807, 2.05) is 11.4 Å². The maximum atomic E-state index is 13.3. The highest BCUT2D eigenvalue weighted by atomic mass is 79.9. The van der Waals surface area contributed by atoms with Gasteiger partial charge in [0.05, 0.1) is 10.4 Å². The molecule has 1 aromatic carbocycles. The van der Waals surface area contributed by atoms with Gasteiger partial charge in [0.1, 0.15) is 0 Å². The molecule has 0 aliphatic carbocycles. The van der Waals surface area contributed by atoms with Crippen LogP contribution >= 0.6 is 27.3 Å². The second-order valence-electron chi connectivity index (χ2n) is 2.42. The van der Waals surface area contributed by atoms with Crippen molar-refractivity contribution in [2.75, 3.05) is 5.73 Å². The van der Waals surface area contributed by atoms with Crippen molar-refractivity contribution in [3.05, 3.63) is 27.8 Å². The monoisotopic (exact) mass is 245 g/mol. The Kier molecular flexibility index (Phi) is 1.81. The van der Waals surface area contributed by atoms with Gasteiger partial charge in [-0.15, -0.1) is 11.3 Å². The number of nitrogen functional groups attached to an aromatic ring is 1. The van der Waals surface area contributed by atoms with Gasteiger partial charge in [0.15, 0.2) is 5.82 Å². The molecule has 12 heavy (non-hydrogen) atoms. The van der Waals surface area contributed by atoms with Crippen LogP contribution in [0.15, 0.2) is 22.0 Å². The van der Waals surface area contributed by atoms with E-state index in [-0.39, 0.29) is 11.5 Å². The van der Waals surface area contributed by atoms with Gasteiger partial charge in [0.2, 0.25) is 0 Å². The molecule has 2 aromatic rings. The van der Waals surface area contributed by atoms with Crippen LogP contribution in [-0.4, -0.2) is 0 Å². The molecular formula is C8H5BrFNS. The molecule has 0 aliphatic rings. The molecule has 4 heteroatoms. The van der Waals surface area contributed by atoms with Crippen molar-refractivity contribution < 1.29 is 4.39 Å². The van der Waals surface area contributed by atoms with Crippen LogP contribution in [0.25, 0.3) is 10.1 Å². The Labute approximate surface area is 81.1 Å². The van der Waals surface area contributed by atoms with Crippen molar-refractivity contribution in [1.29, 1.82) is 0 Å². The predicted molar refractivity (Wildman–Crippen MR) is 53.9 cm³/mol. The van der Waals surface area contributed by atoms with E-state index in [9.17, 15) is 4.39 Å². The molecule has 0 amide bonds. The van der Waals surface area contributed by atoms with Gasteiger partial charge in [-0.05, 0) is 17.5 Å². The van der Waals surface area contributed by atoms with Gasteiger partial charge in [-0.3, -0.25) is 0 Å². The van der Waals surface area contributed by atoms with Crippen molar-refractivity contribution in [3.8, 4) is 0 Å². The highest BCUT2D eigenvalue weighted by Gasteiger charge is 2.08. The molecule has 62 valence electrons. The Morgan fingerprint density at radius 3 is 3.00 bits per heavy atom. The first-order valence-electron chi connectivity index (χ1n) is 3.31. The molecule has 0 fully saturated rings. The molecule has 0 bridgehead atoms. The van der Waals surface area contributed by atoms with Gasteiger partial charge < -0.3 is 5.73 Å². The fourth-order valence-electron chi connectivity index (χ4n) is 1.08. The second-order valence-corrected chi connectivity index (χ2v) is 4.20. The summed E-state index contributed by atoms with van der Waals surface area (Å²) in [5, 5.41) is 2.73. The molecule has 1 heterocycles. The third kappa shape index (κ3) is 1.03. The van der Waals surface area contributed by atoms with Crippen molar-refractivity contribution in [2.45, 2.75) is 0 Å². The number of nitrogens with two attached hydrogens (primary N) is 1. The molecule has 0 saturated heterocycles. The predicted octanol–water partition coefficient (Wildman–Crippen LogP) is 3.39. The van der Waals surface area contributed by atoms with Crippen molar-refractivity contribution in [3.63, 3.8) is 0 Å². The summed E-state index contributed by atoms with van der Waals surface area (Å²) in [6, 6.07) is 3.46. The van der Waals surface area contributed by atoms with Crippen molar-refractivity contribution in [1.82, 2.24) is 0 Å². The maximum absolute atomic E-state index is 13.3. The van der Waals surface area contributed by atoms with Crippen LogP contribution < -0.4 is 5.73 Å². The highest BCUT2D eigenvalue weighted by Crippen LogP contribution is 2.33. The van der Waals surface area contributed by atoms with E-state index in [0.717, 1.165) is 9.86 Å². The first-order chi connectivity index (χ1) is 5.70. The van der Waals surface area contributed by atoms with Crippen LogP contribution in [0.3, 0.4) is 0 Å². The van der Waals surface area contributed by atoms with Crippen LogP contribution in [0.1, 0.15) is 0 Å². The molecule has 0 radical (unpaired) electrons. The Hall–Kier alpha value is -0.610. The molecule has 0 unspecified atom stereocenters. The lowest BCUT2D eigenvalue weighted by Crippen LogP contribution is -1.89. The number of benzene rings is 1. The zero-order valence-corrected chi connectivity index (χ0v) is 8.38. The third-order valence-electron chi connectivity index (χ3n) is 1.66. The Morgan fingerprint density at radius 1 is 1.50 bits per heavy atom. The van der Waals surface area contributed by atoms with Gasteiger partial charge in [-0.25, -0.2) is 4.39 Å². The second kappa shape index (κ2) is 2.71. The number of halogens is 2. The van der Waals surface area contributed by atoms with Crippen LogP contribution in [-0.2, 0) is 0 Å². The Morgan fingerprint density at radius 2 is 2.25 bits per heavy atom. The quantitative estimate of drug-likeness (QED) is 0.708. The minimum absolute atomic E-state index is 0.192. The summed E-state index contributed by atoms with van der Waals surface area (Å²) in [5.74, 6) is -0.316. The average molecular weight is 246 g/mol. The fourth-order valence-corrected chi connectivity index (χ4v) is 2.65. The molecule has 0 spiro atoms. The van der Waals surface area contributed by atoms with Gasteiger partial charge in [-0.2, -0.15) is 0 Å². The molecule has 2 N–H and O–H groups in total. The first kappa shape index (κ1) is 8.01. The van der Waals surface area contributed by atoms with E-state index in [0.29, 0.717) is 4.70 Å². The van der Waals surface area contributed by atoms with Gasteiger partial charge in [-0.1, -0.05) is 15.9 Å². The van der Waals surface area contributed by atoms with Gasteiger partial charge in [0, 0.05) is 9.86 Å². The SMILES string of the molecule is Nc1cc(Br)c2ccsc2c1F. The van der Waals surface area contributed by atoms with Gasteiger partial charge >= 0.3 is 0 Å². The number of hydrogen-bond donors (Lipinski definition) is 1. The van der Waals surface area contributed by atoms with Gasteiger partial charge in [0.25, 0.3) is 0 Å². The molecule has 0 saturated carbocycles. The van der Waals surface area contributed by atoms with Crippen molar-refractivity contribution in [2.24, 2.45) is 0 Å². The minimum Gasteiger partial charge on any atom is -0.396 e. The average Bonchev–Trinajstić information content (AvgIpc) is 2.48. The lowest BCUT2D eigenvalue weighted by Gasteiger charge is -1.99. The standard InChI is InChI=1S/C8H5BrFNS/c9-5-3-6(11)7(10)8-4(5)1-2-12-8/h1-3H,11H2. The molecule has 1 nitrogen and oxygen atoms in total. The number of anilines is 1. The lowest BCUT2D eigenvalue weighted by molar-refractivity contribution is 0.646. The Balaban J connectivity index is 2.97. The van der Waals surface area contributed by atoms with E-state index >= 15 is 0 Å². The van der Waals surface area contributed by atoms with E-state index < -0.39 is 0 Å². The van der Waals surface area contributed by atoms with Crippen molar-refractivity contribution >= 4 is 43.0 Å². The summed E-state index contributed by atoms with van der Waals surface area (Å²) < 4.78 is 14.7. The minimum atomic E-state index is -0.316. The summed E-state index contributed by atoms with van der Waals surface area (Å²) in [6.45, 7) is 0. The molecule has 2 rings (SSSR count). The van der Waals surface area contributed by atoms with E-state index in [1.54, 1.807) is 6.07 Å². The smallest absolute Gasteiger partial charge is 0.163 e. The first-order valence-corrected chi connectivity index (χ1v) is 4.98. The summed E-state index contributed by atoms with van der Waals surface area (Å²) >= 11 is 4.68. The zero-order chi connectivity index (χ0) is 8.72. The highest BCUT2D eigenvalue weighted by molar-refractivity contribution is 9.10. The maximum Gasteiger partial charge on any atom is 0.163 e. The van der Waals surface area contributed by atoms with Crippen LogP contribution in [0.5, 0.6) is 0 Å². The topological polar surface area (TPSA) is 26.0 Å². The molecular weight excluding hydrogens is 241 g/mol. The third-order valence-corrected chi connectivity index (χ3v) is 3.22. The normalized spacial score (nSPS) is 10.8. The number of hydrogen-bond acceptors (Lipinski definition) is 2. The molecule has 1 aromatic heterocycles. The number of fused-ring (bicyclic) bond motifs is 1. The molecule has 0 atom stereocenters. The summed E-state index contributed by atoms with van der Waals surface area (Å²) in [6.07, 6.45) is 0. The van der Waals surface area contributed by atoms with E-state index in [2.05, 4.69) is 15.9 Å². The van der Waals surface area contributed by atoms with Crippen LogP contribution in [0.2, 0.25) is 0 Å². The van der Waals surface area contributed by atoms with Crippen LogP contribution in [0, 0.1) is 5.82 Å². The zero-order valence-electron chi connectivity index (χ0n) is 5.97. The largest absolute Gasteiger partial charge is 0.396 e. The number of rotatable bonds is 0. The summed E-state index contributed by atoms with van der Waals surface area (Å²) in [7, 11) is 0. The fraction of sp³-hybridized carbons (Fsp3) is 0.